The molecule has 0 aliphatic heterocycles. The molecule has 0 spiro atoms. The first-order valence-corrected chi connectivity index (χ1v) is 5.70. The van der Waals surface area contributed by atoms with Gasteiger partial charge in [-0.05, 0) is 25.8 Å². The fraction of sp³-hybridized carbons (Fsp3) is 0.267. The third-order valence-electron chi connectivity index (χ3n) is 2.11. The van der Waals surface area contributed by atoms with Gasteiger partial charge in [0, 0.05) is 5.57 Å². The first-order chi connectivity index (χ1) is 8.09. The number of rotatable bonds is 5. The van der Waals surface area contributed by atoms with E-state index >= 15 is 0 Å². The first-order valence-electron chi connectivity index (χ1n) is 5.70. The Labute approximate surface area is 103 Å². The van der Waals surface area contributed by atoms with E-state index in [1.54, 1.807) is 0 Å². The molecule has 0 radical (unpaired) electrons. The SMILES string of the molecule is C=C(CC=Cc1ccccc1)C(=O)OC(C)C. The van der Waals surface area contributed by atoms with Crippen molar-refractivity contribution in [3.05, 3.63) is 54.1 Å². The largest absolute Gasteiger partial charge is 0.460 e. The smallest absolute Gasteiger partial charge is 0.333 e. The summed E-state index contributed by atoms with van der Waals surface area (Å²) in [5.74, 6) is -0.322. The molecule has 17 heavy (non-hydrogen) atoms. The Hall–Kier alpha value is -1.83. The Morgan fingerprint density at radius 2 is 2.00 bits per heavy atom. The number of allylic oxidation sites excluding steroid dienone is 1. The van der Waals surface area contributed by atoms with E-state index < -0.39 is 0 Å². The Bertz CT molecular complexity index is 402. The molecule has 2 heteroatoms. The number of benzene rings is 1. The third-order valence-corrected chi connectivity index (χ3v) is 2.11. The second-order valence-corrected chi connectivity index (χ2v) is 4.07. The molecule has 0 aliphatic carbocycles. The molecule has 0 aliphatic rings. The number of ether oxygens (including phenoxy) is 1. The molecule has 0 N–H and O–H groups in total. The fourth-order valence-corrected chi connectivity index (χ4v) is 1.28. The molecule has 90 valence electrons. The van der Waals surface area contributed by atoms with Gasteiger partial charge in [-0.2, -0.15) is 0 Å². The van der Waals surface area contributed by atoms with Crippen LogP contribution in [0.4, 0.5) is 0 Å². The predicted molar refractivity (Wildman–Crippen MR) is 70.5 cm³/mol. The second kappa shape index (κ2) is 6.69. The summed E-state index contributed by atoms with van der Waals surface area (Å²) < 4.78 is 5.04. The summed E-state index contributed by atoms with van der Waals surface area (Å²) in [6, 6.07) is 9.93. The Kier molecular flexibility index (Phi) is 5.21. The monoisotopic (exact) mass is 230 g/mol. The average molecular weight is 230 g/mol. The molecular weight excluding hydrogens is 212 g/mol. The topological polar surface area (TPSA) is 26.3 Å². The van der Waals surface area contributed by atoms with Crippen molar-refractivity contribution in [3.8, 4) is 0 Å². The lowest BCUT2D eigenvalue weighted by molar-refractivity contribution is -0.142. The van der Waals surface area contributed by atoms with Crippen LogP contribution in [0, 0.1) is 0 Å². The minimum Gasteiger partial charge on any atom is -0.460 e. The van der Waals surface area contributed by atoms with Gasteiger partial charge >= 0.3 is 5.97 Å². The Morgan fingerprint density at radius 3 is 2.59 bits per heavy atom. The van der Waals surface area contributed by atoms with Crippen LogP contribution in [-0.2, 0) is 9.53 Å². The number of carbonyl (C=O) groups excluding carboxylic acids is 1. The lowest BCUT2D eigenvalue weighted by atomic mass is 10.1. The van der Waals surface area contributed by atoms with E-state index in [0.29, 0.717) is 12.0 Å². The molecule has 0 saturated carbocycles. The molecule has 0 atom stereocenters. The van der Waals surface area contributed by atoms with E-state index in [1.165, 1.54) is 0 Å². The highest BCUT2D eigenvalue weighted by molar-refractivity contribution is 5.88. The lowest BCUT2D eigenvalue weighted by Gasteiger charge is -2.08. The summed E-state index contributed by atoms with van der Waals surface area (Å²) in [7, 11) is 0. The van der Waals surface area contributed by atoms with Crippen molar-refractivity contribution in [2.45, 2.75) is 26.4 Å². The molecular formula is C15H18O2. The average Bonchev–Trinajstić information content (AvgIpc) is 2.29. The van der Waals surface area contributed by atoms with Gasteiger partial charge in [0.15, 0.2) is 0 Å². The van der Waals surface area contributed by atoms with Crippen LogP contribution in [0.2, 0.25) is 0 Å². The van der Waals surface area contributed by atoms with Gasteiger partial charge in [0.2, 0.25) is 0 Å². The van der Waals surface area contributed by atoms with Gasteiger partial charge in [0.25, 0.3) is 0 Å². The van der Waals surface area contributed by atoms with Gasteiger partial charge in [-0.1, -0.05) is 49.1 Å². The normalized spacial score (nSPS) is 10.8. The first kappa shape index (κ1) is 13.2. The highest BCUT2D eigenvalue weighted by atomic mass is 16.5. The van der Waals surface area contributed by atoms with Crippen LogP contribution in [0.5, 0.6) is 0 Å². The van der Waals surface area contributed by atoms with Crippen LogP contribution in [-0.4, -0.2) is 12.1 Å². The van der Waals surface area contributed by atoms with Crippen LogP contribution < -0.4 is 0 Å². The minimum atomic E-state index is -0.322. The maximum atomic E-state index is 11.4. The Balaban J connectivity index is 2.43. The van der Waals surface area contributed by atoms with Crippen molar-refractivity contribution in [1.29, 1.82) is 0 Å². The van der Waals surface area contributed by atoms with Gasteiger partial charge in [-0.15, -0.1) is 0 Å². The third kappa shape index (κ3) is 5.16. The van der Waals surface area contributed by atoms with Crippen molar-refractivity contribution in [2.24, 2.45) is 0 Å². The summed E-state index contributed by atoms with van der Waals surface area (Å²) in [5, 5.41) is 0. The van der Waals surface area contributed by atoms with Gasteiger partial charge < -0.3 is 4.74 Å². The summed E-state index contributed by atoms with van der Waals surface area (Å²) in [5.41, 5.74) is 1.59. The number of carbonyl (C=O) groups is 1. The van der Waals surface area contributed by atoms with Crippen molar-refractivity contribution in [2.75, 3.05) is 0 Å². The molecule has 0 bridgehead atoms. The highest BCUT2D eigenvalue weighted by Crippen LogP contribution is 2.07. The predicted octanol–water partition coefficient (Wildman–Crippen LogP) is 3.60. The van der Waals surface area contributed by atoms with Crippen LogP contribution in [0.25, 0.3) is 6.08 Å². The van der Waals surface area contributed by atoms with Gasteiger partial charge in [0.1, 0.15) is 0 Å². The Morgan fingerprint density at radius 1 is 1.35 bits per heavy atom. The number of esters is 1. The van der Waals surface area contributed by atoms with Crippen molar-refractivity contribution >= 4 is 12.0 Å². The van der Waals surface area contributed by atoms with Crippen molar-refractivity contribution in [1.82, 2.24) is 0 Å². The zero-order chi connectivity index (χ0) is 12.7. The summed E-state index contributed by atoms with van der Waals surface area (Å²) in [4.78, 5) is 11.4. The van der Waals surface area contributed by atoms with Crippen LogP contribution >= 0.6 is 0 Å². The second-order valence-electron chi connectivity index (χ2n) is 4.07. The molecule has 0 fully saturated rings. The van der Waals surface area contributed by atoms with Gasteiger partial charge in [-0.25, -0.2) is 4.79 Å². The molecule has 1 aromatic rings. The molecule has 1 aromatic carbocycles. The highest BCUT2D eigenvalue weighted by Gasteiger charge is 2.08. The van der Waals surface area contributed by atoms with Gasteiger partial charge in [-0.3, -0.25) is 0 Å². The lowest BCUT2D eigenvalue weighted by Crippen LogP contribution is -2.12. The van der Waals surface area contributed by atoms with Crippen LogP contribution in [0.15, 0.2) is 48.6 Å². The van der Waals surface area contributed by atoms with Crippen molar-refractivity contribution < 1.29 is 9.53 Å². The van der Waals surface area contributed by atoms with E-state index in [9.17, 15) is 4.79 Å². The maximum Gasteiger partial charge on any atom is 0.333 e. The zero-order valence-corrected chi connectivity index (χ0v) is 10.3. The van der Waals surface area contributed by atoms with E-state index in [4.69, 9.17) is 4.74 Å². The molecule has 0 saturated heterocycles. The molecule has 0 heterocycles. The fourth-order valence-electron chi connectivity index (χ4n) is 1.28. The van der Waals surface area contributed by atoms with E-state index in [2.05, 4.69) is 6.58 Å². The molecule has 0 aromatic heterocycles. The zero-order valence-electron chi connectivity index (χ0n) is 10.3. The summed E-state index contributed by atoms with van der Waals surface area (Å²) >= 11 is 0. The quantitative estimate of drug-likeness (QED) is 0.570. The van der Waals surface area contributed by atoms with Crippen LogP contribution in [0.1, 0.15) is 25.8 Å². The van der Waals surface area contributed by atoms with Gasteiger partial charge in [0.05, 0.1) is 6.10 Å². The summed E-state index contributed by atoms with van der Waals surface area (Å²) in [6.07, 6.45) is 4.30. The number of hydrogen-bond acceptors (Lipinski definition) is 2. The van der Waals surface area contributed by atoms with Crippen LogP contribution in [0.3, 0.4) is 0 Å². The molecule has 1 rings (SSSR count). The van der Waals surface area contributed by atoms with Crippen molar-refractivity contribution in [3.63, 3.8) is 0 Å². The maximum absolute atomic E-state index is 11.4. The van der Waals surface area contributed by atoms with E-state index in [-0.39, 0.29) is 12.1 Å². The molecule has 2 nitrogen and oxygen atoms in total. The molecule has 0 unspecified atom stereocenters. The summed E-state index contributed by atoms with van der Waals surface area (Å²) in [6.45, 7) is 7.36. The molecule has 0 amide bonds. The number of hydrogen-bond donors (Lipinski definition) is 0. The minimum absolute atomic E-state index is 0.0997. The van der Waals surface area contributed by atoms with E-state index in [1.807, 2.05) is 56.3 Å². The van der Waals surface area contributed by atoms with E-state index in [0.717, 1.165) is 5.56 Å². The standard InChI is InChI=1S/C15H18O2/c1-12(2)17-15(16)13(3)8-7-11-14-9-5-4-6-10-14/h4-7,9-12H,3,8H2,1-2H3.